The molecule has 0 spiro atoms. The minimum absolute atomic E-state index is 0.0393. The molecule has 0 atom stereocenters. The second-order valence-electron chi connectivity index (χ2n) is 4.71. The zero-order chi connectivity index (χ0) is 13.4. The zero-order valence-electron chi connectivity index (χ0n) is 11.5. The first-order chi connectivity index (χ1) is 8.63. The van der Waals surface area contributed by atoms with Crippen molar-refractivity contribution in [2.75, 3.05) is 6.61 Å². The Labute approximate surface area is 110 Å². The molecule has 0 fully saturated rings. The zero-order valence-corrected chi connectivity index (χ0v) is 11.5. The molecule has 0 aliphatic carbocycles. The van der Waals surface area contributed by atoms with Crippen LogP contribution in [0.15, 0.2) is 24.3 Å². The lowest BCUT2D eigenvalue weighted by atomic mass is 10.2. The smallest absolute Gasteiger partial charge is 0.251 e. The lowest BCUT2D eigenvalue weighted by Gasteiger charge is -2.09. The summed E-state index contributed by atoms with van der Waals surface area (Å²) in [5.74, 6) is 0.787. The lowest BCUT2D eigenvalue weighted by molar-refractivity contribution is 0.0943. The molecule has 1 N–H and O–H groups in total. The van der Waals surface area contributed by atoms with Crippen LogP contribution in [0.1, 0.15) is 50.4 Å². The molecule has 0 radical (unpaired) electrons. The fourth-order valence-electron chi connectivity index (χ4n) is 1.59. The van der Waals surface area contributed by atoms with E-state index in [0.29, 0.717) is 5.56 Å². The Hall–Kier alpha value is -1.51. The maximum Gasteiger partial charge on any atom is 0.251 e. The van der Waals surface area contributed by atoms with Crippen molar-refractivity contribution >= 4 is 5.91 Å². The van der Waals surface area contributed by atoms with Gasteiger partial charge in [-0.05, 0) is 44.5 Å². The van der Waals surface area contributed by atoms with Crippen LogP contribution in [0.25, 0.3) is 0 Å². The van der Waals surface area contributed by atoms with Crippen molar-refractivity contribution in [3.8, 4) is 5.75 Å². The molecule has 0 saturated heterocycles. The molecule has 0 unspecified atom stereocenters. The van der Waals surface area contributed by atoms with Gasteiger partial charge >= 0.3 is 0 Å². The first-order valence-corrected chi connectivity index (χ1v) is 6.67. The van der Waals surface area contributed by atoms with Crippen LogP contribution in [0, 0.1) is 0 Å². The summed E-state index contributed by atoms with van der Waals surface area (Å²) in [6.07, 6.45) is 3.46. The van der Waals surface area contributed by atoms with Crippen LogP contribution >= 0.6 is 0 Å². The molecule has 18 heavy (non-hydrogen) atoms. The number of hydrogen-bond acceptors (Lipinski definition) is 2. The second-order valence-corrected chi connectivity index (χ2v) is 4.71. The second kappa shape index (κ2) is 7.75. The van der Waals surface area contributed by atoms with Crippen LogP contribution in [0.2, 0.25) is 0 Å². The number of unbranched alkanes of at least 4 members (excludes halogenated alkanes) is 2. The van der Waals surface area contributed by atoms with E-state index in [1.165, 1.54) is 12.8 Å². The van der Waals surface area contributed by atoms with Crippen molar-refractivity contribution in [1.82, 2.24) is 5.32 Å². The minimum atomic E-state index is -0.0393. The molecule has 0 bridgehead atoms. The number of carbonyl (C=O) groups excluding carboxylic acids is 1. The van der Waals surface area contributed by atoms with E-state index in [-0.39, 0.29) is 11.9 Å². The number of carbonyl (C=O) groups is 1. The number of hydrogen-bond donors (Lipinski definition) is 1. The number of amides is 1. The van der Waals surface area contributed by atoms with E-state index in [2.05, 4.69) is 12.2 Å². The number of rotatable bonds is 7. The molecule has 100 valence electrons. The van der Waals surface area contributed by atoms with E-state index in [1.54, 1.807) is 12.1 Å². The fraction of sp³-hybridized carbons (Fsp3) is 0.533. The Morgan fingerprint density at radius 2 is 1.89 bits per heavy atom. The van der Waals surface area contributed by atoms with E-state index < -0.39 is 0 Å². The third kappa shape index (κ3) is 5.21. The summed E-state index contributed by atoms with van der Waals surface area (Å²) >= 11 is 0. The van der Waals surface area contributed by atoms with Gasteiger partial charge in [-0.1, -0.05) is 19.8 Å². The molecule has 1 amide bonds. The highest BCUT2D eigenvalue weighted by Gasteiger charge is 2.06. The maximum absolute atomic E-state index is 11.7. The normalized spacial score (nSPS) is 10.4. The molecular weight excluding hydrogens is 226 g/mol. The van der Waals surface area contributed by atoms with E-state index in [9.17, 15) is 4.79 Å². The summed E-state index contributed by atoms with van der Waals surface area (Å²) in [6.45, 7) is 6.81. The summed E-state index contributed by atoms with van der Waals surface area (Å²) in [6, 6.07) is 7.45. The van der Waals surface area contributed by atoms with Gasteiger partial charge in [0.2, 0.25) is 0 Å². The van der Waals surface area contributed by atoms with Crippen molar-refractivity contribution in [2.45, 2.75) is 46.1 Å². The lowest BCUT2D eigenvalue weighted by Crippen LogP contribution is -2.29. The standard InChI is InChI=1S/C15H23NO2/c1-4-5-6-11-18-14-9-7-13(8-10-14)15(17)16-12(2)3/h7-10,12H,4-6,11H2,1-3H3,(H,16,17). The Balaban J connectivity index is 2.44. The Bertz CT molecular complexity index is 357. The van der Waals surface area contributed by atoms with Crippen LogP contribution in [-0.4, -0.2) is 18.6 Å². The molecule has 0 aliphatic rings. The Kier molecular flexibility index (Phi) is 6.26. The molecule has 0 saturated carbocycles. The molecule has 3 heteroatoms. The highest BCUT2D eigenvalue weighted by molar-refractivity contribution is 5.94. The number of nitrogens with one attached hydrogen (secondary N) is 1. The van der Waals surface area contributed by atoms with Gasteiger partial charge in [0.15, 0.2) is 0 Å². The van der Waals surface area contributed by atoms with Crippen LogP contribution in [0.4, 0.5) is 0 Å². The molecule has 1 aromatic carbocycles. The van der Waals surface area contributed by atoms with Crippen LogP contribution in [0.3, 0.4) is 0 Å². The quantitative estimate of drug-likeness (QED) is 0.752. The van der Waals surface area contributed by atoms with Crippen molar-refractivity contribution in [3.05, 3.63) is 29.8 Å². The summed E-state index contributed by atoms with van der Waals surface area (Å²) in [5, 5.41) is 2.86. The van der Waals surface area contributed by atoms with Crippen molar-refractivity contribution in [2.24, 2.45) is 0 Å². The van der Waals surface area contributed by atoms with Crippen molar-refractivity contribution < 1.29 is 9.53 Å². The van der Waals surface area contributed by atoms with E-state index >= 15 is 0 Å². The summed E-state index contributed by atoms with van der Waals surface area (Å²) in [5.41, 5.74) is 0.671. The van der Waals surface area contributed by atoms with Crippen LogP contribution in [-0.2, 0) is 0 Å². The summed E-state index contributed by atoms with van der Waals surface area (Å²) in [4.78, 5) is 11.7. The van der Waals surface area contributed by atoms with Gasteiger partial charge in [0.1, 0.15) is 5.75 Å². The molecule has 0 heterocycles. The fourth-order valence-corrected chi connectivity index (χ4v) is 1.59. The highest BCUT2D eigenvalue weighted by Crippen LogP contribution is 2.13. The minimum Gasteiger partial charge on any atom is -0.494 e. The van der Waals surface area contributed by atoms with Crippen LogP contribution < -0.4 is 10.1 Å². The van der Waals surface area contributed by atoms with Gasteiger partial charge in [-0.15, -0.1) is 0 Å². The maximum atomic E-state index is 11.7. The van der Waals surface area contributed by atoms with Gasteiger partial charge in [0.05, 0.1) is 6.61 Å². The van der Waals surface area contributed by atoms with E-state index in [0.717, 1.165) is 18.8 Å². The molecule has 0 aliphatic heterocycles. The highest BCUT2D eigenvalue weighted by atomic mass is 16.5. The molecule has 1 aromatic rings. The SMILES string of the molecule is CCCCCOc1ccc(C(=O)NC(C)C)cc1. The molecule has 0 aromatic heterocycles. The third-order valence-corrected chi connectivity index (χ3v) is 2.55. The Morgan fingerprint density at radius 1 is 1.22 bits per heavy atom. The summed E-state index contributed by atoms with van der Waals surface area (Å²) < 4.78 is 5.59. The van der Waals surface area contributed by atoms with Crippen molar-refractivity contribution in [3.63, 3.8) is 0 Å². The van der Waals surface area contributed by atoms with Gasteiger partial charge in [0.25, 0.3) is 5.91 Å². The van der Waals surface area contributed by atoms with Gasteiger partial charge in [0, 0.05) is 11.6 Å². The molecular formula is C15H23NO2. The van der Waals surface area contributed by atoms with Crippen LogP contribution in [0.5, 0.6) is 5.75 Å². The van der Waals surface area contributed by atoms with Gasteiger partial charge < -0.3 is 10.1 Å². The largest absolute Gasteiger partial charge is 0.494 e. The first kappa shape index (κ1) is 14.6. The average Bonchev–Trinajstić information content (AvgIpc) is 2.34. The van der Waals surface area contributed by atoms with E-state index in [1.807, 2.05) is 26.0 Å². The van der Waals surface area contributed by atoms with Gasteiger partial charge in [-0.25, -0.2) is 0 Å². The number of ether oxygens (including phenoxy) is 1. The predicted molar refractivity (Wildman–Crippen MR) is 74.1 cm³/mol. The third-order valence-electron chi connectivity index (χ3n) is 2.55. The average molecular weight is 249 g/mol. The molecule has 3 nitrogen and oxygen atoms in total. The topological polar surface area (TPSA) is 38.3 Å². The molecule has 1 rings (SSSR count). The number of benzene rings is 1. The predicted octanol–water partition coefficient (Wildman–Crippen LogP) is 3.39. The van der Waals surface area contributed by atoms with Crippen molar-refractivity contribution in [1.29, 1.82) is 0 Å². The van der Waals surface area contributed by atoms with Gasteiger partial charge in [-0.2, -0.15) is 0 Å². The van der Waals surface area contributed by atoms with E-state index in [4.69, 9.17) is 4.74 Å². The van der Waals surface area contributed by atoms with Gasteiger partial charge in [-0.3, -0.25) is 4.79 Å². The Morgan fingerprint density at radius 3 is 2.44 bits per heavy atom. The first-order valence-electron chi connectivity index (χ1n) is 6.67. The monoisotopic (exact) mass is 249 g/mol. The summed E-state index contributed by atoms with van der Waals surface area (Å²) in [7, 11) is 0.